The van der Waals surface area contributed by atoms with Crippen LogP contribution in [0.15, 0.2) is 30.3 Å². The minimum atomic E-state index is -4.45. The molecule has 198 valence electrons. The Morgan fingerprint density at radius 1 is 1.11 bits per heavy atom. The molecule has 1 N–H and O–H groups in total. The number of esters is 1. The van der Waals surface area contributed by atoms with Gasteiger partial charge in [0.15, 0.2) is 0 Å². The molecule has 1 heterocycles. The first-order valence-corrected chi connectivity index (χ1v) is 12.7. The molecular weight excluding hydrogens is 528 g/mol. The lowest BCUT2D eigenvalue weighted by Crippen LogP contribution is -2.39. The largest absolute Gasteiger partial charge is 0.469 e. The van der Waals surface area contributed by atoms with Gasteiger partial charge in [-0.25, -0.2) is 0 Å². The maximum Gasteiger partial charge on any atom is 0.416 e. The van der Waals surface area contributed by atoms with Crippen molar-refractivity contribution in [1.82, 2.24) is 9.88 Å². The number of nitrogens with one attached hydrogen (secondary N) is 1. The fourth-order valence-electron chi connectivity index (χ4n) is 5.02. The van der Waals surface area contributed by atoms with Crippen LogP contribution in [0.5, 0.6) is 0 Å². The summed E-state index contributed by atoms with van der Waals surface area (Å²) in [7, 11) is 3.07. The molecule has 37 heavy (non-hydrogen) atoms. The molecule has 10 heteroatoms. The van der Waals surface area contributed by atoms with Crippen molar-refractivity contribution in [3.8, 4) is 0 Å². The molecule has 1 aliphatic rings. The molecule has 0 radical (unpaired) electrons. The van der Waals surface area contributed by atoms with Gasteiger partial charge in [0.1, 0.15) is 0 Å². The number of fused-ring (bicyclic) bond motifs is 1. The van der Waals surface area contributed by atoms with Crippen molar-refractivity contribution < 1.29 is 27.5 Å². The number of amides is 1. The maximum atomic E-state index is 13.3. The quantitative estimate of drug-likeness (QED) is 0.350. The number of benzene rings is 2. The normalized spacial score (nSPS) is 18.2. The molecule has 4 rings (SSSR count). The second-order valence-electron chi connectivity index (χ2n) is 9.53. The van der Waals surface area contributed by atoms with Gasteiger partial charge in [-0.2, -0.15) is 13.2 Å². The summed E-state index contributed by atoms with van der Waals surface area (Å²) in [6, 6.07) is 7.16. The van der Waals surface area contributed by atoms with E-state index >= 15 is 0 Å². The van der Waals surface area contributed by atoms with Crippen LogP contribution in [0.4, 0.5) is 13.2 Å². The molecule has 1 amide bonds. The summed E-state index contributed by atoms with van der Waals surface area (Å²) in [5.74, 6) is -0.721. The summed E-state index contributed by atoms with van der Waals surface area (Å²) in [5.41, 5.74) is 1.75. The van der Waals surface area contributed by atoms with Gasteiger partial charge in [-0.1, -0.05) is 23.2 Å². The SMILES string of the molecule is COC(=O)C1CCC(NC(=O)c2ccc(Cl)c(Cc3cc4c(C)cc(C(F)(F)F)cc4n3C)c2Cl)CC1. The third-order valence-electron chi connectivity index (χ3n) is 7.18. The monoisotopic (exact) mass is 554 g/mol. The number of hydrogen-bond donors (Lipinski definition) is 1. The van der Waals surface area contributed by atoms with Crippen molar-refractivity contribution in [3.05, 3.63) is 68.3 Å². The Bertz CT molecular complexity index is 1360. The van der Waals surface area contributed by atoms with Gasteiger partial charge in [0.2, 0.25) is 0 Å². The van der Waals surface area contributed by atoms with Gasteiger partial charge in [0.05, 0.1) is 29.2 Å². The highest BCUT2D eigenvalue weighted by atomic mass is 35.5. The number of halogens is 5. The van der Waals surface area contributed by atoms with Gasteiger partial charge in [0.25, 0.3) is 5.91 Å². The van der Waals surface area contributed by atoms with Gasteiger partial charge in [0, 0.05) is 41.1 Å². The molecular formula is C27H27Cl2F3N2O3. The van der Waals surface area contributed by atoms with Crippen LogP contribution in [-0.4, -0.2) is 29.6 Å². The molecule has 0 aliphatic heterocycles. The summed E-state index contributed by atoms with van der Waals surface area (Å²) in [6.45, 7) is 1.64. The summed E-state index contributed by atoms with van der Waals surface area (Å²) >= 11 is 13.1. The van der Waals surface area contributed by atoms with Crippen molar-refractivity contribution in [2.75, 3.05) is 7.11 Å². The van der Waals surface area contributed by atoms with Gasteiger partial charge < -0.3 is 14.6 Å². The lowest BCUT2D eigenvalue weighted by molar-refractivity contribution is -0.146. The molecule has 1 aromatic heterocycles. The molecule has 0 spiro atoms. The van der Waals surface area contributed by atoms with Gasteiger partial charge in [-0.3, -0.25) is 9.59 Å². The predicted molar refractivity (Wildman–Crippen MR) is 137 cm³/mol. The van der Waals surface area contributed by atoms with Crippen molar-refractivity contribution in [2.45, 2.75) is 51.2 Å². The number of alkyl halides is 3. The van der Waals surface area contributed by atoms with Crippen LogP contribution in [0, 0.1) is 12.8 Å². The first kappa shape index (κ1) is 27.3. The Labute approximate surface area is 222 Å². The molecule has 1 aliphatic carbocycles. The number of rotatable bonds is 5. The van der Waals surface area contributed by atoms with Crippen molar-refractivity contribution >= 4 is 46.0 Å². The van der Waals surface area contributed by atoms with E-state index in [9.17, 15) is 22.8 Å². The van der Waals surface area contributed by atoms with E-state index in [0.29, 0.717) is 58.4 Å². The number of aryl methyl sites for hydroxylation is 2. The molecule has 3 aromatic rings. The van der Waals surface area contributed by atoms with E-state index in [-0.39, 0.29) is 40.8 Å². The highest BCUT2D eigenvalue weighted by molar-refractivity contribution is 6.38. The van der Waals surface area contributed by atoms with Crippen molar-refractivity contribution in [3.63, 3.8) is 0 Å². The van der Waals surface area contributed by atoms with Gasteiger partial charge >= 0.3 is 12.1 Å². The molecule has 0 bridgehead atoms. The van der Waals surface area contributed by atoms with E-state index in [1.165, 1.54) is 7.11 Å². The molecule has 0 atom stereocenters. The van der Waals surface area contributed by atoms with Crippen LogP contribution in [0.25, 0.3) is 10.9 Å². The summed E-state index contributed by atoms with van der Waals surface area (Å²) in [5, 5.41) is 4.26. The molecule has 1 fully saturated rings. The number of methoxy groups -OCH3 is 1. The highest BCUT2D eigenvalue weighted by Crippen LogP contribution is 2.36. The van der Waals surface area contributed by atoms with Gasteiger partial charge in [-0.05, 0) is 74.1 Å². The minimum Gasteiger partial charge on any atom is -0.469 e. The molecule has 0 unspecified atom stereocenters. The zero-order chi connectivity index (χ0) is 27.1. The number of hydrogen-bond acceptors (Lipinski definition) is 3. The molecule has 5 nitrogen and oxygen atoms in total. The van der Waals surface area contributed by atoms with E-state index < -0.39 is 11.7 Å². The fraction of sp³-hybridized carbons (Fsp3) is 0.407. The first-order valence-electron chi connectivity index (χ1n) is 11.9. The third-order valence-corrected chi connectivity index (χ3v) is 7.97. The summed E-state index contributed by atoms with van der Waals surface area (Å²) in [6.07, 6.45) is -1.65. The Hall–Kier alpha value is -2.71. The van der Waals surface area contributed by atoms with Crippen LogP contribution in [0.2, 0.25) is 10.0 Å². The van der Waals surface area contributed by atoms with E-state index in [1.54, 1.807) is 30.7 Å². The minimum absolute atomic E-state index is 0.0902. The average molecular weight is 555 g/mol. The second-order valence-corrected chi connectivity index (χ2v) is 10.3. The lowest BCUT2D eigenvalue weighted by atomic mass is 9.86. The van der Waals surface area contributed by atoms with E-state index in [2.05, 4.69) is 5.32 Å². The number of carbonyl (C=O) groups is 2. The first-order chi connectivity index (χ1) is 17.4. The Kier molecular flexibility index (Phi) is 7.81. The standard InChI is InChI=1S/C27H27Cl2F3N2O3/c1-14-10-16(27(30,31)32)11-23-20(14)12-18(34(23)2)13-21-22(28)9-8-19(24(21)29)25(35)33-17-6-4-15(5-7-17)26(36)37-3/h8-12,15,17H,4-7,13H2,1-3H3,(H,33,35). The van der Waals surface area contributed by atoms with E-state index in [1.807, 2.05) is 6.07 Å². The Morgan fingerprint density at radius 2 is 1.78 bits per heavy atom. The molecule has 2 aromatic carbocycles. The van der Waals surface area contributed by atoms with Crippen LogP contribution in [0.1, 0.15) is 58.4 Å². The fourth-order valence-corrected chi connectivity index (χ4v) is 5.61. The molecule has 0 saturated heterocycles. The second kappa shape index (κ2) is 10.6. The van der Waals surface area contributed by atoms with Crippen LogP contribution < -0.4 is 5.32 Å². The number of nitrogens with zero attached hydrogens (tertiary/aromatic N) is 1. The number of ether oxygens (including phenoxy) is 1. The zero-order valence-corrected chi connectivity index (χ0v) is 22.2. The summed E-state index contributed by atoms with van der Waals surface area (Å²) < 4.78 is 46.5. The van der Waals surface area contributed by atoms with E-state index in [0.717, 1.165) is 12.1 Å². The topological polar surface area (TPSA) is 60.3 Å². The Balaban J connectivity index is 1.57. The maximum absolute atomic E-state index is 13.3. The van der Waals surface area contributed by atoms with Crippen LogP contribution in [-0.2, 0) is 29.2 Å². The Morgan fingerprint density at radius 3 is 2.41 bits per heavy atom. The third kappa shape index (κ3) is 5.60. The number of carbonyl (C=O) groups excluding carboxylic acids is 2. The average Bonchev–Trinajstić information content (AvgIpc) is 3.17. The lowest BCUT2D eigenvalue weighted by Gasteiger charge is -2.27. The summed E-state index contributed by atoms with van der Waals surface area (Å²) in [4.78, 5) is 24.8. The highest BCUT2D eigenvalue weighted by Gasteiger charge is 2.32. The van der Waals surface area contributed by atoms with Crippen LogP contribution >= 0.6 is 23.2 Å². The van der Waals surface area contributed by atoms with Crippen molar-refractivity contribution in [2.24, 2.45) is 13.0 Å². The van der Waals surface area contributed by atoms with Gasteiger partial charge in [-0.15, -0.1) is 0 Å². The molecule has 1 saturated carbocycles. The van der Waals surface area contributed by atoms with Crippen LogP contribution in [0.3, 0.4) is 0 Å². The van der Waals surface area contributed by atoms with Crippen molar-refractivity contribution in [1.29, 1.82) is 0 Å². The predicted octanol–water partition coefficient (Wildman–Crippen LogP) is 6.86. The zero-order valence-electron chi connectivity index (χ0n) is 20.6. The number of aromatic nitrogens is 1. The van der Waals surface area contributed by atoms with E-state index in [4.69, 9.17) is 27.9 Å². The smallest absolute Gasteiger partial charge is 0.416 e.